The average Bonchev–Trinajstić information content (AvgIpc) is 3.03. The van der Waals surface area contributed by atoms with Crippen LogP contribution in [0.4, 0.5) is 0 Å². The molecule has 1 aromatic carbocycles. The van der Waals surface area contributed by atoms with Crippen molar-refractivity contribution < 1.29 is 4.74 Å². The number of nitrogens with one attached hydrogen (secondary N) is 1. The smallest absolute Gasteiger partial charge is 0.119 e. The number of aromatic nitrogens is 1. The maximum atomic E-state index is 5.98. The van der Waals surface area contributed by atoms with Crippen LogP contribution < -0.4 is 10.1 Å². The Bertz CT molecular complexity index is 533. The molecule has 0 spiro atoms. The number of pyridine rings is 1. The van der Waals surface area contributed by atoms with Crippen molar-refractivity contribution in [1.29, 1.82) is 0 Å². The summed E-state index contributed by atoms with van der Waals surface area (Å²) in [7, 11) is 0. The van der Waals surface area contributed by atoms with Gasteiger partial charge in [0.2, 0.25) is 0 Å². The zero-order valence-corrected chi connectivity index (χ0v) is 12.3. The molecule has 1 aliphatic rings. The van der Waals surface area contributed by atoms with Crippen molar-refractivity contribution in [3.05, 3.63) is 59.9 Å². The predicted molar refractivity (Wildman–Crippen MR) is 84.1 cm³/mol. The standard InChI is InChI=1S/C18H22N2O/c1-2-6-17(5-1)21-18-9-7-15(8-10-18)12-20-14-16-4-3-11-19-13-16/h3-4,7-11,13,17,20H,1-2,5-6,12,14H2. The molecule has 1 N–H and O–H groups in total. The Kier molecular flexibility index (Phi) is 4.85. The highest BCUT2D eigenvalue weighted by Crippen LogP contribution is 2.24. The first-order valence-corrected chi connectivity index (χ1v) is 7.75. The highest BCUT2D eigenvalue weighted by atomic mass is 16.5. The molecule has 0 unspecified atom stereocenters. The van der Waals surface area contributed by atoms with Gasteiger partial charge < -0.3 is 10.1 Å². The van der Waals surface area contributed by atoms with Crippen LogP contribution in [0.25, 0.3) is 0 Å². The molecule has 0 aliphatic heterocycles. The number of hydrogen-bond donors (Lipinski definition) is 1. The molecule has 3 nitrogen and oxygen atoms in total. The predicted octanol–water partition coefficient (Wildman–Crippen LogP) is 3.69. The van der Waals surface area contributed by atoms with Crippen LogP contribution >= 0.6 is 0 Å². The van der Waals surface area contributed by atoms with Gasteiger partial charge in [0.25, 0.3) is 0 Å². The third-order valence-corrected chi connectivity index (χ3v) is 3.91. The van der Waals surface area contributed by atoms with Gasteiger partial charge in [-0.3, -0.25) is 4.98 Å². The maximum Gasteiger partial charge on any atom is 0.119 e. The van der Waals surface area contributed by atoms with Crippen molar-refractivity contribution in [2.45, 2.75) is 44.9 Å². The molecular weight excluding hydrogens is 260 g/mol. The monoisotopic (exact) mass is 282 g/mol. The number of hydrogen-bond acceptors (Lipinski definition) is 3. The zero-order chi connectivity index (χ0) is 14.3. The molecule has 1 aromatic heterocycles. The number of ether oxygens (including phenoxy) is 1. The summed E-state index contributed by atoms with van der Waals surface area (Å²) in [5.41, 5.74) is 2.48. The summed E-state index contributed by atoms with van der Waals surface area (Å²) in [6.07, 6.45) is 9.14. The third-order valence-electron chi connectivity index (χ3n) is 3.91. The van der Waals surface area contributed by atoms with Crippen LogP contribution in [0.15, 0.2) is 48.8 Å². The van der Waals surface area contributed by atoms with E-state index in [1.807, 2.05) is 12.3 Å². The van der Waals surface area contributed by atoms with Crippen molar-refractivity contribution in [2.24, 2.45) is 0 Å². The summed E-state index contributed by atoms with van der Waals surface area (Å²) in [4.78, 5) is 4.11. The molecule has 0 bridgehead atoms. The van der Waals surface area contributed by atoms with E-state index in [1.165, 1.54) is 36.8 Å². The maximum absolute atomic E-state index is 5.98. The Hall–Kier alpha value is -1.87. The molecule has 0 saturated heterocycles. The fourth-order valence-corrected chi connectivity index (χ4v) is 2.74. The first kappa shape index (κ1) is 14.1. The van der Waals surface area contributed by atoms with E-state index in [9.17, 15) is 0 Å². The molecule has 1 aliphatic carbocycles. The molecule has 0 radical (unpaired) electrons. The Morgan fingerprint density at radius 3 is 2.48 bits per heavy atom. The molecule has 0 amide bonds. The lowest BCUT2D eigenvalue weighted by Crippen LogP contribution is -2.13. The number of rotatable bonds is 6. The van der Waals surface area contributed by atoms with Crippen molar-refractivity contribution >= 4 is 0 Å². The van der Waals surface area contributed by atoms with Gasteiger partial charge in [0.15, 0.2) is 0 Å². The van der Waals surface area contributed by atoms with E-state index in [0.717, 1.165) is 18.8 Å². The van der Waals surface area contributed by atoms with E-state index < -0.39 is 0 Å². The van der Waals surface area contributed by atoms with E-state index in [2.05, 4.69) is 40.6 Å². The molecule has 1 fully saturated rings. The van der Waals surface area contributed by atoms with Crippen LogP contribution in [0.1, 0.15) is 36.8 Å². The van der Waals surface area contributed by atoms with Gasteiger partial charge in [-0.25, -0.2) is 0 Å². The molecule has 21 heavy (non-hydrogen) atoms. The molecule has 2 aromatic rings. The Balaban J connectivity index is 1.45. The minimum Gasteiger partial charge on any atom is -0.490 e. The minimum absolute atomic E-state index is 0.430. The van der Waals surface area contributed by atoms with Crippen molar-refractivity contribution in [2.75, 3.05) is 0 Å². The van der Waals surface area contributed by atoms with Crippen LogP contribution in [0, 0.1) is 0 Å². The lowest BCUT2D eigenvalue weighted by molar-refractivity contribution is 0.210. The summed E-state index contributed by atoms with van der Waals surface area (Å²) in [5, 5.41) is 3.43. The van der Waals surface area contributed by atoms with Gasteiger partial charge in [0.1, 0.15) is 5.75 Å². The van der Waals surface area contributed by atoms with Gasteiger partial charge in [0, 0.05) is 25.5 Å². The second-order valence-corrected chi connectivity index (χ2v) is 5.63. The average molecular weight is 282 g/mol. The quantitative estimate of drug-likeness (QED) is 0.877. The Morgan fingerprint density at radius 2 is 1.76 bits per heavy atom. The van der Waals surface area contributed by atoms with Gasteiger partial charge in [-0.05, 0) is 55.0 Å². The minimum atomic E-state index is 0.430. The van der Waals surface area contributed by atoms with Gasteiger partial charge in [-0.15, -0.1) is 0 Å². The second-order valence-electron chi connectivity index (χ2n) is 5.63. The van der Waals surface area contributed by atoms with Crippen molar-refractivity contribution in [3.8, 4) is 5.75 Å². The molecular formula is C18H22N2O. The van der Waals surface area contributed by atoms with Gasteiger partial charge in [-0.1, -0.05) is 18.2 Å². The largest absolute Gasteiger partial charge is 0.490 e. The Labute approximate surface area is 126 Å². The number of benzene rings is 1. The highest BCUT2D eigenvalue weighted by Gasteiger charge is 2.16. The van der Waals surface area contributed by atoms with Crippen LogP contribution in [0.3, 0.4) is 0 Å². The summed E-state index contributed by atoms with van der Waals surface area (Å²) >= 11 is 0. The van der Waals surface area contributed by atoms with Crippen molar-refractivity contribution in [3.63, 3.8) is 0 Å². The first-order chi connectivity index (χ1) is 10.4. The summed E-state index contributed by atoms with van der Waals surface area (Å²) in [6.45, 7) is 1.70. The lowest BCUT2D eigenvalue weighted by atomic mass is 10.2. The molecule has 0 atom stereocenters. The third kappa shape index (κ3) is 4.30. The number of nitrogens with zero attached hydrogens (tertiary/aromatic N) is 1. The lowest BCUT2D eigenvalue weighted by Gasteiger charge is -2.13. The van der Waals surface area contributed by atoms with Crippen LogP contribution in [0.2, 0.25) is 0 Å². The second kappa shape index (κ2) is 7.23. The van der Waals surface area contributed by atoms with E-state index in [4.69, 9.17) is 4.74 Å². The molecule has 110 valence electrons. The fourth-order valence-electron chi connectivity index (χ4n) is 2.74. The summed E-state index contributed by atoms with van der Waals surface area (Å²) < 4.78 is 5.98. The molecule has 3 heteroatoms. The SMILES string of the molecule is c1cncc(CNCc2ccc(OC3CCCC3)cc2)c1. The van der Waals surface area contributed by atoms with Crippen LogP contribution in [-0.4, -0.2) is 11.1 Å². The topological polar surface area (TPSA) is 34.2 Å². The van der Waals surface area contributed by atoms with Gasteiger partial charge in [-0.2, -0.15) is 0 Å². The van der Waals surface area contributed by atoms with E-state index >= 15 is 0 Å². The van der Waals surface area contributed by atoms with Gasteiger partial charge in [0.05, 0.1) is 6.10 Å². The van der Waals surface area contributed by atoms with E-state index in [1.54, 1.807) is 6.20 Å². The summed E-state index contributed by atoms with van der Waals surface area (Å²) in [5.74, 6) is 0.998. The summed E-state index contributed by atoms with van der Waals surface area (Å²) in [6, 6.07) is 12.5. The molecule has 1 heterocycles. The van der Waals surface area contributed by atoms with E-state index in [-0.39, 0.29) is 0 Å². The highest BCUT2D eigenvalue weighted by molar-refractivity contribution is 5.27. The van der Waals surface area contributed by atoms with Gasteiger partial charge >= 0.3 is 0 Å². The normalized spacial score (nSPS) is 15.2. The van der Waals surface area contributed by atoms with Crippen LogP contribution in [-0.2, 0) is 13.1 Å². The van der Waals surface area contributed by atoms with E-state index in [0.29, 0.717) is 6.10 Å². The molecule has 1 saturated carbocycles. The van der Waals surface area contributed by atoms with Crippen LogP contribution in [0.5, 0.6) is 5.75 Å². The zero-order valence-electron chi connectivity index (χ0n) is 12.3. The fraction of sp³-hybridized carbons (Fsp3) is 0.389. The molecule has 3 rings (SSSR count). The van der Waals surface area contributed by atoms with Crippen molar-refractivity contribution in [1.82, 2.24) is 10.3 Å². The first-order valence-electron chi connectivity index (χ1n) is 7.75. The Morgan fingerprint density at radius 1 is 1.00 bits per heavy atom.